The van der Waals surface area contributed by atoms with Gasteiger partial charge < -0.3 is 25.5 Å². The Morgan fingerprint density at radius 3 is 2.55 bits per heavy atom. The lowest BCUT2D eigenvalue weighted by Crippen LogP contribution is -2.36. The number of ether oxygens (including phenoxy) is 2. The van der Waals surface area contributed by atoms with Crippen molar-refractivity contribution >= 4 is 11.8 Å². The first kappa shape index (κ1) is 26.5. The number of halogens is 4. The molecule has 8 nitrogen and oxygen atoms in total. The van der Waals surface area contributed by atoms with E-state index in [4.69, 9.17) is 21.1 Å². The van der Waals surface area contributed by atoms with Gasteiger partial charge in [0.15, 0.2) is 11.4 Å². The Labute approximate surface area is 190 Å². The van der Waals surface area contributed by atoms with E-state index < -0.39 is 24.6 Å². The summed E-state index contributed by atoms with van der Waals surface area (Å²) in [5, 5.41) is 3.48. The topological polar surface area (TPSA) is 116 Å². The van der Waals surface area contributed by atoms with Crippen LogP contribution in [0, 0.1) is 0 Å². The van der Waals surface area contributed by atoms with Crippen LogP contribution in [0.15, 0.2) is 17.8 Å². The predicted octanol–water partition coefficient (Wildman–Crippen LogP) is 3.72. The maximum absolute atomic E-state index is 13.7. The number of nitrogens with zero attached hydrogens (tertiary/aromatic N) is 2. The number of rotatable bonds is 10. The summed E-state index contributed by atoms with van der Waals surface area (Å²) in [6.45, 7) is -0.699. The van der Waals surface area contributed by atoms with E-state index in [9.17, 15) is 22.4 Å². The molecule has 0 aromatic carbocycles. The number of aromatic nitrogens is 1. The number of unbranched alkanes of at least 4 members (excludes halogenated alkanes) is 1. The molecule has 1 aliphatic carbocycles. The van der Waals surface area contributed by atoms with Gasteiger partial charge >= 0.3 is 12.3 Å². The van der Waals surface area contributed by atoms with Gasteiger partial charge in [-0.2, -0.15) is 13.2 Å². The minimum atomic E-state index is -4.75. The van der Waals surface area contributed by atoms with Crippen molar-refractivity contribution in [2.45, 2.75) is 57.2 Å². The molecule has 0 aliphatic heterocycles. The number of alkyl halides is 4. The van der Waals surface area contributed by atoms with Crippen molar-refractivity contribution < 1.29 is 31.8 Å². The fourth-order valence-electron chi connectivity index (χ4n) is 3.38. The van der Waals surface area contributed by atoms with Crippen molar-refractivity contribution in [2.24, 2.45) is 11.6 Å². The molecule has 0 radical (unpaired) electrons. The first-order valence-corrected chi connectivity index (χ1v) is 10.8. The third-order valence-electron chi connectivity index (χ3n) is 5.15. The molecule has 0 spiro atoms. The minimum absolute atomic E-state index is 0.0295. The number of amides is 1. The number of hydrogen-bond donors (Lipinski definition) is 3. The first-order chi connectivity index (χ1) is 15.6. The summed E-state index contributed by atoms with van der Waals surface area (Å²) in [5.74, 6) is 5.42. The van der Waals surface area contributed by atoms with Gasteiger partial charge in [0.2, 0.25) is 0 Å². The zero-order valence-electron chi connectivity index (χ0n) is 18.6. The molecule has 1 saturated carbocycles. The number of likely N-dealkylation sites (N-methyl/N-ethyl adjacent to an activating group) is 1. The summed E-state index contributed by atoms with van der Waals surface area (Å²) in [6.07, 6.45) is -0.953. The van der Waals surface area contributed by atoms with Crippen molar-refractivity contribution in [1.29, 1.82) is 0 Å². The van der Waals surface area contributed by atoms with Crippen LogP contribution >= 0.6 is 0 Å². The van der Waals surface area contributed by atoms with Crippen LogP contribution in [0.1, 0.15) is 56.3 Å². The molecule has 1 fully saturated rings. The van der Waals surface area contributed by atoms with Crippen molar-refractivity contribution in [3.8, 4) is 5.75 Å². The maximum Gasteiger partial charge on any atom is 0.437 e. The predicted molar refractivity (Wildman–Crippen MR) is 114 cm³/mol. The van der Waals surface area contributed by atoms with Crippen molar-refractivity contribution in [3.05, 3.63) is 29.2 Å². The maximum atomic E-state index is 13.7. The fourth-order valence-corrected chi connectivity index (χ4v) is 3.38. The van der Waals surface area contributed by atoms with E-state index in [1.165, 1.54) is 19.2 Å². The largest absolute Gasteiger partial charge is 0.488 e. The number of nitrogens with two attached hydrogens (primary N) is 2. The normalized spacial score (nSPS) is 15.6. The third-order valence-corrected chi connectivity index (χ3v) is 5.15. The van der Waals surface area contributed by atoms with E-state index in [0.29, 0.717) is 19.3 Å². The Bertz CT molecular complexity index is 812. The molecule has 2 rings (SSSR count). The van der Waals surface area contributed by atoms with Gasteiger partial charge in [-0.05, 0) is 50.7 Å². The summed E-state index contributed by atoms with van der Waals surface area (Å²) in [7, 11) is 1.42. The molecule has 0 saturated heterocycles. The molecule has 0 bridgehead atoms. The van der Waals surface area contributed by atoms with E-state index in [1.54, 1.807) is 0 Å². The number of nitrogens with one attached hydrogen (secondary N) is 1. The number of hydrazine groups is 1. The number of pyridine rings is 1. The molecule has 12 heteroatoms. The van der Waals surface area contributed by atoms with E-state index in [0.717, 1.165) is 24.3 Å². The van der Waals surface area contributed by atoms with Crippen LogP contribution in [0.2, 0.25) is 0 Å². The highest BCUT2D eigenvalue weighted by Gasteiger charge is 2.38. The summed E-state index contributed by atoms with van der Waals surface area (Å²) in [6, 6.07) is 2.52. The van der Waals surface area contributed by atoms with E-state index >= 15 is 0 Å². The van der Waals surface area contributed by atoms with Crippen LogP contribution in [0.4, 0.5) is 22.4 Å². The lowest BCUT2D eigenvalue weighted by Gasteiger charge is -2.25. The summed E-state index contributed by atoms with van der Waals surface area (Å²) < 4.78 is 63.7. The van der Waals surface area contributed by atoms with Crippen molar-refractivity contribution in [1.82, 2.24) is 15.3 Å². The van der Waals surface area contributed by atoms with Gasteiger partial charge in [0, 0.05) is 7.05 Å². The van der Waals surface area contributed by atoms with E-state index in [-0.39, 0.29) is 48.5 Å². The highest BCUT2D eigenvalue weighted by molar-refractivity contribution is 5.69. The number of carbonyl (C=O) groups excluding carboxylic acids is 1. The van der Waals surface area contributed by atoms with Gasteiger partial charge in [-0.25, -0.2) is 15.6 Å². The molecule has 186 valence electrons. The Hall–Kier alpha value is -2.76. The summed E-state index contributed by atoms with van der Waals surface area (Å²) in [4.78, 5) is 15.5. The second-order valence-electron chi connectivity index (χ2n) is 7.78. The average molecular weight is 478 g/mol. The zero-order chi connectivity index (χ0) is 24.4. The van der Waals surface area contributed by atoms with Crippen LogP contribution < -0.4 is 21.6 Å². The first-order valence-electron chi connectivity index (χ1n) is 10.8. The molecule has 1 amide bonds. The zero-order valence-corrected chi connectivity index (χ0v) is 18.6. The molecule has 1 aliphatic rings. The number of hydrogen-bond acceptors (Lipinski definition) is 7. The van der Waals surface area contributed by atoms with Crippen LogP contribution in [0.5, 0.6) is 5.75 Å². The average Bonchev–Trinajstić information content (AvgIpc) is 2.76. The Morgan fingerprint density at radius 1 is 1.24 bits per heavy atom. The molecular formula is C21H31F4N5O3. The highest BCUT2D eigenvalue weighted by Crippen LogP contribution is 2.37. The molecule has 5 N–H and O–H groups in total. The van der Waals surface area contributed by atoms with Crippen LogP contribution in [0.25, 0.3) is 5.70 Å². The molecule has 0 unspecified atom stereocenters. The molecule has 0 atom stereocenters. The second kappa shape index (κ2) is 12.5. The van der Waals surface area contributed by atoms with Crippen LogP contribution in [-0.2, 0) is 10.9 Å². The van der Waals surface area contributed by atoms with Crippen LogP contribution in [0.3, 0.4) is 0 Å². The quantitative estimate of drug-likeness (QED) is 0.204. The number of alkyl carbamates (subject to hydrolysis) is 1. The second-order valence-corrected chi connectivity index (χ2v) is 7.78. The van der Waals surface area contributed by atoms with Gasteiger partial charge in [-0.1, -0.05) is 6.42 Å². The number of carbonyl (C=O) groups is 1. The van der Waals surface area contributed by atoms with Gasteiger partial charge in [0.25, 0.3) is 0 Å². The van der Waals surface area contributed by atoms with Crippen molar-refractivity contribution in [3.63, 3.8) is 0 Å². The van der Waals surface area contributed by atoms with Gasteiger partial charge in [-0.3, -0.25) is 4.39 Å². The lowest BCUT2D eigenvalue weighted by atomic mass is 9.98. The third kappa shape index (κ3) is 8.26. The molecule has 1 aromatic rings. The van der Waals surface area contributed by atoms with Gasteiger partial charge in [0.05, 0.1) is 43.0 Å². The summed E-state index contributed by atoms with van der Waals surface area (Å²) >= 11 is 0. The Balaban J connectivity index is 2.20. The SMILES string of the molecule is CN(N)/C(CNC(=O)OCCCCF)=C(\N)c1ccc(OC2CCCCC2)c(C(F)(F)F)n1. The molecule has 1 heterocycles. The van der Waals surface area contributed by atoms with Gasteiger partial charge in [0.1, 0.15) is 0 Å². The monoisotopic (exact) mass is 477 g/mol. The summed E-state index contributed by atoms with van der Waals surface area (Å²) in [5.41, 5.74) is 4.71. The Kier molecular flexibility index (Phi) is 10.0. The molecule has 33 heavy (non-hydrogen) atoms. The fraction of sp³-hybridized carbons (Fsp3) is 0.619. The minimum Gasteiger partial charge on any atom is -0.488 e. The molecular weight excluding hydrogens is 446 g/mol. The van der Waals surface area contributed by atoms with Crippen molar-refractivity contribution in [2.75, 3.05) is 26.9 Å². The van der Waals surface area contributed by atoms with E-state index in [1.807, 2.05) is 0 Å². The Morgan fingerprint density at radius 2 is 1.94 bits per heavy atom. The van der Waals surface area contributed by atoms with E-state index in [2.05, 4.69) is 10.3 Å². The standard InChI is InChI=1S/C21H31F4N5O3/c1-30(27)16(13-28-20(31)32-12-6-5-11-22)18(26)15-9-10-17(19(29-15)21(23,24)25)33-14-7-3-2-4-8-14/h9-10,14H,2-8,11-13,26-27H2,1H3,(H,28,31)/b18-16-. The lowest BCUT2D eigenvalue weighted by molar-refractivity contribution is -0.143. The van der Waals surface area contributed by atoms with Gasteiger partial charge in [-0.15, -0.1) is 0 Å². The smallest absolute Gasteiger partial charge is 0.437 e. The highest BCUT2D eigenvalue weighted by atomic mass is 19.4. The molecule has 1 aromatic heterocycles. The van der Waals surface area contributed by atoms with Crippen LogP contribution in [-0.4, -0.2) is 49.1 Å².